The van der Waals surface area contributed by atoms with Crippen LogP contribution >= 0.6 is 27.3 Å². The lowest BCUT2D eigenvalue weighted by Crippen LogP contribution is -2.47. The smallest absolute Gasteiger partial charge is 0.243 e. The van der Waals surface area contributed by atoms with Crippen LogP contribution in [0.4, 0.5) is 0 Å². The third-order valence-electron chi connectivity index (χ3n) is 6.07. The third-order valence-corrected chi connectivity index (χ3v) is 9.50. The number of fused-ring (bicyclic) bond motifs is 1. The molecule has 1 fully saturated rings. The Morgan fingerprint density at radius 3 is 2.47 bits per heavy atom. The van der Waals surface area contributed by atoms with Crippen LogP contribution < -0.4 is 0 Å². The first-order chi connectivity index (χ1) is 15.4. The van der Waals surface area contributed by atoms with E-state index in [1.54, 1.807) is 35.6 Å². The third kappa shape index (κ3) is 4.17. The topological polar surface area (TPSA) is 57.7 Å². The van der Waals surface area contributed by atoms with Crippen LogP contribution in [0.25, 0.3) is 0 Å². The molecule has 0 saturated heterocycles. The van der Waals surface area contributed by atoms with E-state index in [-0.39, 0.29) is 29.4 Å². The first-order valence-electron chi connectivity index (χ1n) is 10.6. The molecule has 5 rings (SSSR count). The van der Waals surface area contributed by atoms with Gasteiger partial charge in [0.15, 0.2) is 0 Å². The molecule has 2 heterocycles. The predicted octanol–water partition coefficient (Wildman–Crippen LogP) is 4.84. The Labute approximate surface area is 200 Å². The summed E-state index contributed by atoms with van der Waals surface area (Å²) in [6, 6.07) is 18.4. The number of amides is 1. The molecule has 0 bridgehead atoms. The maximum atomic E-state index is 13.6. The van der Waals surface area contributed by atoms with Crippen molar-refractivity contribution < 1.29 is 13.2 Å². The Kier molecular flexibility index (Phi) is 5.96. The Balaban J connectivity index is 1.45. The van der Waals surface area contributed by atoms with Gasteiger partial charge in [-0.3, -0.25) is 4.79 Å². The number of hydrogen-bond donors (Lipinski definition) is 0. The number of halogens is 1. The van der Waals surface area contributed by atoms with E-state index in [0.29, 0.717) is 6.54 Å². The van der Waals surface area contributed by atoms with Gasteiger partial charge in [0.2, 0.25) is 15.9 Å². The number of rotatable bonds is 6. The lowest BCUT2D eigenvalue weighted by Gasteiger charge is -2.37. The minimum atomic E-state index is -3.75. The summed E-state index contributed by atoms with van der Waals surface area (Å²) in [7, 11) is -3.75. The largest absolute Gasteiger partial charge is 0.330 e. The molecule has 0 spiro atoms. The Hall–Kier alpha value is -2.00. The van der Waals surface area contributed by atoms with E-state index in [4.69, 9.17) is 0 Å². The van der Waals surface area contributed by atoms with Crippen LogP contribution in [0.2, 0.25) is 0 Å². The van der Waals surface area contributed by atoms with Crippen molar-refractivity contribution in [3.05, 3.63) is 86.5 Å². The van der Waals surface area contributed by atoms with Crippen LogP contribution in [-0.4, -0.2) is 42.7 Å². The minimum absolute atomic E-state index is 0.107. The maximum Gasteiger partial charge on any atom is 0.243 e. The molecule has 1 aromatic heterocycles. The number of sulfonamides is 1. The highest BCUT2D eigenvalue weighted by Gasteiger charge is 2.41. The highest BCUT2D eigenvalue weighted by molar-refractivity contribution is 9.10. The van der Waals surface area contributed by atoms with Gasteiger partial charge in [0.25, 0.3) is 0 Å². The second-order valence-electron chi connectivity index (χ2n) is 8.18. The summed E-state index contributed by atoms with van der Waals surface area (Å²) in [6.45, 7) is 0.453. The van der Waals surface area contributed by atoms with Gasteiger partial charge < -0.3 is 4.90 Å². The summed E-state index contributed by atoms with van der Waals surface area (Å²) in [4.78, 5) is 17.0. The first kappa shape index (κ1) is 21.8. The summed E-state index contributed by atoms with van der Waals surface area (Å²) in [6.07, 6.45) is 2.38. The van der Waals surface area contributed by atoms with Crippen molar-refractivity contribution in [3.8, 4) is 0 Å². The molecule has 1 aliphatic heterocycles. The second-order valence-corrected chi connectivity index (χ2v) is 12.0. The fourth-order valence-electron chi connectivity index (χ4n) is 4.32. The molecule has 1 saturated carbocycles. The van der Waals surface area contributed by atoms with Crippen molar-refractivity contribution in [2.75, 3.05) is 13.1 Å². The molecule has 0 N–H and O–H groups in total. The zero-order valence-corrected chi connectivity index (χ0v) is 20.6. The summed E-state index contributed by atoms with van der Waals surface area (Å²) < 4.78 is 29.0. The van der Waals surface area contributed by atoms with Crippen molar-refractivity contribution in [2.24, 2.45) is 0 Å². The molecule has 0 radical (unpaired) electrons. The fraction of sp³-hybridized carbons (Fsp3) is 0.292. The number of benzene rings is 2. The monoisotopic (exact) mass is 530 g/mol. The standard InChI is InChI=1S/C24H23BrN2O3S2/c25-18-6-10-20(11-7-18)32(29,30)27(19-8-9-19)16-23(28)26-14-12-22-21(13-15-31-22)24(26)17-4-2-1-3-5-17/h1-7,10-11,13,15,19,24H,8-9,12,14,16H2. The zero-order chi connectivity index (χ0) is 22.3. The molecule has 5 nitrogen and oxygen atoms in total. The number of thiophene rings is 1. The van der Waals surface area contributed by atoms with Crippen LogP contribution in [-0.2, 0) is 21.2 Å². The van der Waals surface area contributed by atoms with E-state index in [9.17, 15) is 13.2 Å². The molecule has 166 valence electrons. The van der Waals surface area contributed by atoms with Gasteiger partial charge in [-0.2, -0.15) is 4.31 Å². The van der Waals surface area contributed by atoms with E-state index in [1.807, 2.05) is 35.2 Å². The van der Waals surface area contributed by atoms with Crippen LogP contribution in [0.1, 0.15) is 34.9 Å². The number of carbonyl (C=O) groups excluding carboxylic acids is 1. The lowest BCUT2D eigenvalue weighted by molar-refractivity contribution is -0.133. The van der Waals surface area contributed by atoms with E-state index in [2.05, 4.69) is 27.4 Å². The molecule has 1 atom stereocenters. The number of carbonyl (C=O) groups is 1. The minimum Gasteiger partial charge on any atom is -0.330 e. The molecule has 1 unspecified atom stereocenters. The van der Waals surface area contributed by atoms with Crippen molar-refractivity contribution in [1.29, 1.82) is 0 Å². The summed E-state index contributed by atoms with van der Waals surface area (Å²) >= 11 is 5.07. The normalized spacial score (nSPS) is 18.6. The highest BCUT2D eigenvalue weighted by Crippen LogP contribution is 2.39. The van der Waals surface area contributed by atoms with Crippen molar-refractivity contribution in [1.82, 2.24) is 9.21 Å². The predicted molar refractivity (Wildman–Crippen MR) is 129 cm³/mol. The van der Waals surface area contributed by atoms with Crippen LogP contribution in [0.3, 0.4) is 0 Å². The van der Waals surface area contributed by atoms with Crippen molar-refractivity contribution in [2.45, 2.75) is 36.2 Å². The van der Waals surface area contributed by atoms with E-state index >= 15 is 0 Å². The Morgan fingerprint density at radius 2 is 1.78 bits per heavy atom. The van der Waals surface area contributed by atoms with E-state index in [1.165, 1.54) is 9.18 Å². The van der Waals surface area contributed by atoms with Gasteiger partial charge in [0.05, 0.1) is 17.5 Å². The zero-order valence-electron chi connectivity index (χ0n) is 17.4. The van der Waals surface area contributed by atoms with Gasteiger partial charge in [-0.25, -0.2) is 8.42 Å². The van der Waals surface area contributed by atoms with E-state index < -0.39 is 10.0 Å². The van der Waals surface area contributed by atoms with Gasteiger partial charge in [-0.15, -0.1) is 11.3 Å². The second kappa shape index (κ2) is 8.74. The quantitative estimate of drug-likeness (QED) is 0.458. The molecular formula is C24H23BrN2O3S2. The Morgan fingerprint density at radius 1 is 1.06 bits per heavy atom. The lowest BCUT2D eigenvalue weighted by atomic mass is 9.93. The first-order valence-corrected chi connectivity index (χ1v) is 13.7. The Bertz CT molecular complexity index is 1220. The maximum absolute atomic E-state index is 13.6. The molecule has 3 aromatic rings. The molecule has 32 heavy (non-hydrogen) atoms. The van der Waals surface area contributed by atoms with Crippen molar-refractivity contribution >= 4 is 43.2 Å². The van der Waals surface area contributed by atoms with Gasteiger partial charge in [0, 0.05) is 21.9 Å². The van der Waals surface area contributed by atoms with Crippen LogP contribution in [0.15, 0.2) is 75.4 Å². The van der Waals surface area contributed by atoms with Gasteiger partial charge in [0.1, 0.15) is 0 Å². The highest BCUT2D eigenvalue weighted by atomic mass is 79.9. The van der Waals surface area contributed by atoms with E-state index in [0.717, 1.165) is 34.9 Å². The molecule has 8 heteroatoms. The fourth-order valence-corrected chi connectivity index (χ4v) is 7.12. The number of hydrogen-bond acceptors (Lipinski definition) is 4. The molecule has 2 aromatic carbocycles. The van der Waals surface area contributed by atoms with Gasteiger partial charge >= 0.3 is 0 Å². The summed E-state index contributed by atoms with van der Waals surface area (Å²) in [5.41, 5.74) is 2.20. The average molecular weight is 531 g/mol. The summed E-state index contributed by atoms with van der Waals surface area (Å²) in [5.74, 6) is -0.150. The van der Waals surface area contributed by atoms with Gasteiger partial charge in [-0.1, -0.05) is 46.3 Å². The average Bonchev–Trinajstić information content (AvgIpc) is 3.52. The van der Waals surface area contributed by atoms with Crippen molar-refractivity contribution in [3.63, 3.8) is 0 Å². The van der Waals surface area contributed by atoms with Crippen LogP contribution in [0, 0.1) is 0 Å². The SMILES string of the molecule is O=C(CN(C1CC1)S(=O)(=O)c1ccc(Br)cc1)N1CCc2sccc2C1c1ccccc1. The molecule has 2 aliphatic rings. The summed E-state index contributed by atoms with van der Waals surface area (Å²) in [5, 5.41) is 2.07. The number of nitrogens with zero attached hydrogens (tertiary/aromatic N) is 2. The van der Waals surface area contributed by atoms with Crippen LogP contribution in [0.5, 0.6) is 0 Å². The van der Waals surface area contributed by atoms with Gasteiger partial charge in [-0.05, 0) is 66.1 Å². The molecular weight excluding hydrogens is 508 g/mol. The molecule has 1 aliphatic carbocycles. The molecule has 1 amide bonds.